The molecule has 2 aromatic heterocycles. The number of hydrogen-bond acceptors (Lipinski definition) is 6. The Morgan fingerprint density at radius 3 is 2.56 bits per heavy atom. The van der Waals surface area contributed by atoms with E-state index < -0.39 is 0 Å². The number of anilines is 1. The molecule has 32 heavy (non-hydrogen) atoms. The average molecular weight is 437 g/mol. The van der Waals surface area contributed by atoms with E-state index in [0.29, 0.717) is 12.1 Å². The number of methoxy groups -OCH3 is 1. The van der Waals surface area contributed by atoms with Gasteiger partial charge in [-0.3, -0.25) is 9.69 Å². The van der Waals surface area contributed by atoms with E-state index >= 15 is 0 Å². The van der Waals surface area contributed by atoms with E-state index in [1.54, 1.807) is 19.5 Å². The number of benzene rings is 1. The molecule has 0 atom stereocenters. The lowest BCUT2D eigenvalue weighted by atomic mass is 10.2. The number of nitrogens with zero attached hydrogens (tertiary/aromatic N) is 5. The third kappa shape index (κ3) is 5.02. The first kappa shape index (κ1) is 22.1. The quantitative estimate of drug-likeness (QED) is 0.547. The van der Waals surface area contributed by atoms with Crippen molar-refractivity contribution in [3.8, 4) is 5.75 Å². The first-order valence-electron chi connectivity index (χ1n) is 11.3. The lowest BCUT2D eigenvalue weighted by Crippen LogP contribution is -2.47. The highest BCUT2D eigenvalue weighted by Crippen LogP contribution is 2.20. The number of rotatable bonds is 8. The van der Waals surface area contributed by atoms with Gasteiger partial charge in [-0.1, -0.05) is 0 Å². The molecule has 1 aliphatic rings. The number of ether oxygens (including phenoxy) is 1. The van der Waals surface area contributed by atoms with Crippen LogP contribution in [0.2, 0.25) is 0 Å². The Hall–Kier alpha value is -3.13. The molecule has 1 fully saturated rings. The molecule has 1 N–H and O–H groups in total. The fourth-order valence-electron chi connectivity index (χ4n) is 4.07. The van der Waals surface area contributed by atoms with E-state index in [9.17, 15) is 4.79 Å². The topological polar surface area (TPSA) is 75.5 Å². The first-order chi connectivity index (χ1) is 15.5. The predicted molar refractivity (Wildman–Crippen MR) is 127 cm³/mol. The van der Waals surface area contributed by atoms with Crippen molar-refractivity contribution < 1.29 is 9.53 Å². The zero-order valence-corrected chi connectivity index (χ0v) is 19.1. The molecule has 0 bridgehead atoms. The van der Waals surface area contributed by atoms with Gasteiger partial charge in [0.05, 0.1) is 18.9 Å². The number of piperazine rings is 1. The maximum absolute atomic E-state index is 12.5. The van der Waals surface area contributed by atoms with Crippen LogP contribution in [0.5, 0.6) is 5.75 Å². The fourth-order valence-corrected chi connectivity index (χ4v) is 4.07. The molecule has 1 saturated heterocycles. The molecule has 0 spiro atoms. The molecule has 0 saturated carbocycles. The first-order valence-corrected chi connectivity index (χ1v) is 11.3. The van der Waals surface area contributed by atoms with E-state index in [-0.39, 0.29) is 11.9 Å². The van der Waals surface area contributed by atoms with Gasteiger partial charge in [-0.25, -0.2) is 9.67 Å². The number of carbonyl (C=O) groups is 1. The largest absolute Gasteiger partial charge is 0.497 e. The normalized spacial score (nSPS) is 14.8. The molecular formula is C24H32N6O2. The van der Waals surface area contributed by atoms with E-state index in [0.717, 1.165) is 55.9 Å². The highest BCUT2D eigenvalue weighted by atomic mass is 16.5. The van der Waals surface area contributed by atoms with Gasteiger partial charge in [-0.05, 0) is 57.1 Å². The van der Waals surface area contributed by atoms with Crippen molar-refractivity contribution in [2.45, 2.75) is 26.3 Å². The molecule has 0 aliphatic carbocycles. The Labute approximate surface area is 189 Å². The van der Waals surface area contributed by atoms with Crippen LogP contribution in [-0.2, 0) is 0 Å². The molecule has 0 radical (unpaired) electrons. The van der Waals surface area contributed by atoms with Crippen LogP contribution in [0.15, 0.2) is 42.7 Å². The molecule has 1 aliphatic heterocycles. The summed E-state index contributed by atoms with van der Waals surface area (Å²) in [5, 5.41) is 8.28. The molecule has 170 valence electrons. The minimum absolute atomic E-state index is 0.0824. The van der Waals surface area contributed by atoms with Gasteiger partial charge in [0, 0.05) is 56.0 Å². The van der Waals surface area contributed by atoms with Crippen molar-refractivity contribution in [3.05, 3.63) is 48.3 Å². The maximum atomic E-state index is 12.5. The van der Waals surface area contributed by atoms with Gasteiger partial charge in [-0.15, -0.1) is 0 Å². The van der Waals surface area contributed by atoms with E-state index in [1.165, 1.54) is 5.69 Å². The van der Waals surface area contributed by atoms with E-state index in [1.807, 2.05) is 22.9 Å². The summed E-state index contributed by atoms with van der Waals surface area (Å²) in [5.74, 6) is 0.803. The van der Waals surface area contributed by atoms with E-state index in [4.69, 9.17) is 4.74 Å². The molecular weight excluding hydrogens is 404 g/mol. The van der Waals surface area contributed by atoms with Crippen molar-refractivity contribution in [3.63, 3.8) is 0 Å². The minimum atomic E-state index is -0.0824. The van der Waals surface area contributed by atoms with Crippen LogP contribution >= 0.6 is 0 Å². The summed E-state index contributed by atoms with van der Waals surface area (Å²) >= 11 is 0. The summed E-state index contributed by atoms with van der Waals surface area (Å²) in [6.07, 6.45) is 4.33. The summed E-state index contributed by atoms with van der Waals surface area (Å²) in [6, 6.07) is 10.3. The van der Waals surface area contributed by atoms with Crippen molar-refractivity contribution in [2.24, 2.45) is 0 Å². The predicted octanol–water partition coefficient (Wildman–Crippen LogP) is 2.96. The second-order valence-corrected chi connectivity index (χ2v) is 8.46. The number of aromatic nitrogens is 3. The van der Waals surface area contributed by atoms with Crippen LogP contribution in [0.4, 0.5) is 5.69 Å². The van der Waals surface area contributed by atoms with Gasteiger partial charge in [0.1, 0.15) is 5.75 Å². The second kappa shape index (κ2) is 9.99. The molecule has 1 aromatic carbocycles. The number of pyridine rings is 1. The van der Waals surface area contributed by atoms with Crippen LogP contribution in [-0.4, -0.2) is 71.9 Å². The van der Waals surface area contributed by atoms with Crippen LogP contribution < -0.4 is 15.0 Å². The maximum Gasteiger partial charge on any atom is 0.252 e. The monoisotopic (exact) mass is 436 g/mol. The van der Waals surface area contributed by atoms with Gasteiger partial charge in [0.2, 0.25) is 0 Å². The molecule has 3 heterocycles. The van der Waals surface area contributed by atoms with Crippen molar-refractivity contribution in [1.29, 1.82) is 0 Å². The molecule has 1 amide bonds. The summed E-state index contributed by atoms with van der Waals surface area (Å²) < 4.78 is 7.10. The number of amides is 1. The third-order valence-corrected chi connectivity index (χ3v) is 5.93. The Morgan fingerprint density at radius 1 is 1.12 bits per heavy atom. The van der Waals surface area contributed by atoms with Crippen LogP contribution in [0.25, 0.3) is 11.0 Å². The van der Waals surface area contributed by atoms with Gasteiger partial charge >= 0.3 is 0 Å². The average Bonchev–Trinajstić information content (AvgIpc) is 3.26. The lowest BCUT2D eigenvalue weighted by Gasteiger charge is -2.36. The van der Waals surface area contributed by atoms with Gasteiger partial charge in [0.25, 0.3) is 5.91 Å². The second-order valence-electron chi connectivity index (χ2n) is 8.46. The van der Waals surface area contributed by atoms with Gasteiger partial charge < -0.3 is 15.0 Å². The molecule has 4 rings (SSSR count). The lowest BCUT2D eigenvalue weighted by molar-refractivity contribution is 0.0951. The minimum Gasteiger partial charge on any atom is -0.497 e. The zero-order valence-electron chi connectivity index (χ0n) is 19.1. The summed E-state index contributed by atoms with van der Waals surface area (Å²) in [7, 11) is 1.69. The zero-order chi connectivity index (χ0) is 22.5. The van der Waals surface area contributed by atoms with E-state index in [2.05, 4.69) is 51.2 Å². The Kier molecular flexibility index (Phi) is 6.90. The molecule has 3 aromatic rings. The third-order valence-electron chi connectivity index (χ3n) is 5.93. The van der Waals surface area contributed by atoms with Crippen molar-refractivity contribution in [2.75, 3.05) is 51.3 Å². The number of hydrogen-bond donors (Lipinski definition) is 1. The van der Waals surface area contributed by atoms with Crippen molar-refractivity contribution >= 4 is 22.6 Å². The van der Waals surface area contributed by atoms with Gasteiger partial charge in [0.15, 0.2) is 5.65 Å². The van der Waals surface area contributed by atoms with Crippen LogP contribution in [0.3, 0.4) is 0 Å². The molecule has 8 nitrogen and oxygen atoms in total. The number of carbonyl (C=O) groups excluding carboxylic acids is 1. The number of nitrogens with one attached hydrogen (secondary N) is 1. The fraction of sp³-hybridized carbons (Fsp3) is 0.458. The summed E-state index contributed by atoms with van der Waals surface area (Å²) in [5.41, 5.74) is 2.63. The Bertz CT molecular complexity index is 1040. The Balaban J connectivity index is 1.19. The standard InChI is InChI=1S/C24H32N6O2/c1-18(2)30-23-19(17-27-30)15-20(16-26-23)24(31)25-9-4-10-28-11-13-29(14-12-28)21-5-7-22(32-3)8-6-21/h5-8,15-18H,4,9-14H2,1-3H3,(H,25,31). The van der Waals surface area contributed by atoms with Crippen LogP contribution in [0.1, 0.15) is 36.7 Å². The SMILES string of the molecule is COc1ccc(N2CCN(CCCNC(=O)c3cnc4c(cnn4C(C)C)c3)CC2)cc1. The highest BCUT2D eigenvalue weighted by molar-refractivity contribution is 5.96. The van der Waals surface area contributed by atoms with Crippen LogP contribution in [0, 0.1) is 0 Å². The summed E-state index contributed by atoms with van der Waals surface area (Å²) in [4.78, 5) is 21.8. The summed E-state index contributed by atoms with van der Waals surface area (Å²) in [6.45, 7) is 9.83. The molecule has 0 unspecified atom stereocenters. The smallest absolute Gasteiger partial charge is 0.252 e. The molecule has 8 heteroatoms. The highest BCUT2D eigenvalue weighted by Gasteiger charge is 2.17. The van der Waals surface area contributed by atoms with Gasteiger partial charge in [-0.2, -0.15) is 5.10 Å². The van der Waals surface area contributed by atoms with Crippen molar-refractivity contribution in [1.82, 2.24) is 25.0 Å². The Morgan fingerprint density at radius 2 is 1.88 bits per heavy atom. The number of fused-ring (bicyclic) bond motifs is 1.